The van der Waals surface area contributed by atoms with Crippen molar-refractivity contribution in [3.05, 3.63) is 23.7 Å². The molecule has 0 aromatic rings. The lowest BCUT2D eigenvalue weighted by atomic mass is 10.4. The summed E-state index contributed by atoms with van der Waals surface area (Å²) in [6.45, 7) is 11.5. The minimum Gasteiger partial charge on any atom is -0.499 e. The first-order chi connectivity index (χ1) is 8.63. The number of hydrogen-bond acceptors (Lipinski definition) is 4. The summed E-state index contributed by atoms with van der Waals surface area (Å²) in [6.07, 6.45) is 3.47. The number of hydrogen-bond donors (Lipinski definition) is 0. The average Bonchev–Trinajstić information content (AvgIpc) is 2.29. The molecule has 0 radical (unpaired) electrons. The van der Waals surface area contributed by atoms with E-state index in [1.807, 2.05) is 27.7 Å². The van der Waals surface area contributed by atoms with Crippen LogP contribution in [0.2, 0.25) is 0 Å². The molecule has 0 aliphatic carbocycles. The number of ether oxygens (including phenoxy) is 4. The highest BCUT2D eigenvalue weighted by atomic mass is 16.6. The smallest absolute Gasteiger partial charge is 0.111 e. The highest BCUT2D eigenvalue weighted by Gasteiger charge is 1.90. The van der Waals surface area contributed by atoms with Crippen LogP contribution in [-0.4, -0.2) is 39.6 Å². The molecule has 0 aromatic heterocycles. The molecule has 0 rings (SSSR count). The molecule has 0 saturated heterocycles. The van der Waals surface area contributed by atoms with Crippen LogP contribution in [0.15, 0.2) is 23.7 Å². The summed E-state index contributed by atoms with van der Waals surface area (Å²) in [5.41, 5.74) is 2.30. The summed E-state index contributed by atoms with van der Waals surface area (Å²) < 4.78 is 21.1. The lowest BCUT2D eigenvalue weighted by Gasteiger charge is -2.06. The van der Waals surface area contributed by atoms with Gasteiger partial charge in [0.15, 0.2) is 0 Å². The van der Waals surface area contributed by atoms with Gasteiger partial charge >= 0.3 is 0 Å². The largest absolute Gasteiger partial charge is 0.499 e. The van der Waals surface area contributed by atoms with Crippen molar-refractivity contribution in [3.8, 4) is 0 Å². The van der Waals surface area contributed by atoms with E-state index in [9.17, 15) is 0 Å². The number of rotatable bonds is 11. The minimum atomic E-state index is 0.578. The number of allylic oxidation sites excluding steroid dienone is 2. The molecule has 4 heteroatoms. The molecule has 0 spiro atoms. The highest BCUT2D eigenvalue weighted by Crippen LogP contribution is 1.90. The lowest BCUT2D eigenvalue weighted by molar-refractivity contribution is 0.0182. The Morgan fingerprint density at radius 2 is 0.944 bits per heavy atom. The van der Waals surface area contributed by atoms with Gasteiger partial charge in [0.25, 0.3) is 0 Å². The van der Waals surface area contributed by atoms with Gasteiger partial charge in [0.05, 0.1) is 39.0 Å². The normalized spacial score (nSPS) is 9.78. The van der Waals surface area contributed by atoms with Crippen LogP contribution in [0.4, 0.5) is 0 Å². The molecule has 0 unspecified atom stereocenters. The molecule has 18 heavy (non-hydrogen) atoms. The van der Waals surface area contributed by atoms with Gasteiger partial charge < -0.3 is 18.9 Å². The van der Waals surface area contributed by atoms with E-state index in [2.05, 4.69) is 0 Å². The van der Waals surface area contributed by atoms with Gasteiger partial charge in [-0.15, -0.1) is 0 Å². The Balaban J connectivity index is 3.08. The Morgan fingerprint density at radius 3 is 1.28 bits per heavy atom. The van der Waals surface area contributed by atoms with E-state index in [0.717, 1.165) is 11.1 Å². The van der Waals surface area contributed by atoms with Crippen molar-refractivity contribution in [3.63, 3.8) is 0 Å². The van der Waals surface area contributed by atoms with Crippen molar-refractivity contribution >= 4 is 0 Å². The van der Waals surface area contributed by atoms with E-state index in [1.54, 1.807) is 12.5 Å². The Labute approximate surface area is 111 Å². The van der Waals surface area contributed by atoms with E-state index >= 15 is 0 Å². The lowest BCUT2D eigenvalue weighted by Crippen LogP contribution is -2.10. The summed E-state index contributed by atoms with van der Waals surface area (Å²) in [4.78, 5) is 0. The molecule has 106 valence electrons. The minimum absolute atomic E-state index is 0.578. The zero-order chi connectivity index (χ0) is 13.6. The maximum Gasteiger partial charge on any atom is 0.111 e. The first-order valence-corrected chi connectivity index (χ1v) is 6.28. The highest BCUT2D eigenvalue weighted by molar-refractivity contribution is 4.86. The van der Waals surface area contributed by atoms with Crippen molar-refractivity contribution in [2.45, 2.75) is 27.7 Å². The molecule has 0 aliphatic rings. The fourth-order valence-corrected chi connectivity index (χ4v) is 0.987. The van der Waals surface area contributed by atoms with E-state index < -0.39 is 0 Å². The van der Waals surface area contributed by atoms with Crippen LogP contribution in [0, 0.1) is 0 Å². The molecule has 0 saturated carbocycles. The summed E-state index contributed by atoms with van der Waals surface area (Å²) in [6, 6.07) is 0. The summed E-state index contributed by atoms with van der Waals surface area (Å²) in [7, 11) is 0. The van der Waals surface area contributed by atoms with Gasteiger partial charge in [-0.3, -0.25) is 0 Å². The van der Waals surface area contributed by atoms with Gasteiger partial charge in [-0.25, -0.2) is 0 Å². The Bertz CT molecular complexity index is 212. The third kappa shape index (κ3) is 15.0. The SMILES string of the molecule is CC(C)=COCCOCCOCCOC=C(C)C. The van der Waals surface area contributed by atoms with Crippen LogP contribution in [0.25, 0.3) is 0 Å². The van der Waals surface area contributed by atoms with E-state index in [4.69, 9.17) is 18.9 Å². The van der Waals surface area contributed by atoms with Crippen LogP contribution >= 0.6 is 0 Å². The van der Waals surface area contributed by atoms with Crippen LogP contribution in [0.5, 0.6) is 0 Å². The fourth-order valence-electron chi connectivity index (χ4n) is 0.987. The van der Waals surface area contributed by atoms with E-state index in [1.165, 1.54) is 0 Å². The first-order valence-electron chi connectivity index (χ1n) is 6.28. The molecular weight excluding hydrogens is 232 g/mol. The average molecular weight is 258 g/mol. The second-order valence-corrected chi connectivity index (χ2v) is 4.36. The van der Waals surface area contributed by atoms with Gasteiger partial charge in [0.2, 0.25) is 0 Å². The molecule has 0 aliphatic heterocycles. The predicted octanol–water partition coefficient (Wildman–Crippen LogP) is 2.90. The molecular formula is C14H26O4. The molecule has 0 bridgehead atoms. The van der Waals surface area contributed by atoms with Crippen molar-refractivity contribution in [2.75, 3.05) is 39.6 Å². The van der Waals surface area contributed by atoms with Crippen LogP contribution in [0.3, 0.4) is 0 Å². The maximum absolute atomic E-state index is 5.33. The molecule has 0 aromatic carbocycles. The zero-order valence-electron chi connectivity index (χ0n) is 12.0. The van der Waals surface area contributed by atoms with Crippen molar-refractivity contribution in [1.82, 2.24) is 0 Å². The second-order valence-electron chi connectivity index (χ2n) is 4.36. The van der Waals surface area contributed by atoms with Gasteiger partial charge in [-0.05, 0) is 38.8 Å². The zero-order valence-corrected chi connectivity index (χ0v) is 12.0. The van der Waals surface area contributed by atoms with Crippen molar-refractivity contribution in [1.29, 1.82) is 0 Å². The standard InChI is InChI=1S/C14H26O4/c1-13(2)11-17-9-7-15-5-6-16-8-10-18-12-14(3)4/h11-12H,5-10H2,1-4H3. The quantitative estimate of drug-likeness (QED) is 0.422. The predicted molar refractivity (Wildman–Crippen MR) is 72.4 cm³/mol. The molecule has 0 fully saturated rings. The summed E-state index contributed by atoms with van der Waals surface area (Å²) >= 11 is 0. The van der Waals surface area contributed by atoms with Gasteiger partial charge in [-0.1, -0.05) is 0 Å². The molecule has 0 amide bonds. The Kier molecular flexibility index (Phi) is 11.8. The Morgan fingerprint density at radius 1 is 0.611 bits per heavy atom. The van der Waals surface area contributed by atoms with Crippen molar-refractivity contribution < 1.29 is 18.9 Å². The third-order valence-corrected chi connectivity index (χ3v) is 1.70. The molecule has 0 atom stereocenters. The first kappa shape index (κ1) is 17.0. The molecule has 4 nitrogen and oxygen atoms in total. The summed E-state index contributed by atoms with van der Waals surface area (Å²) in [5, 5.41) is 0. The second kappa shape index (κ2) is 12.5. The van der Waals surface area contributed by atoms with Gasteiger partial charge in [-0.2, -0.15) is 0 Å². The topological polar surface area (TPSA) is 36.9 Å². The van der Waals surface area contributed by atoms with Crippen LogP contribution in [-0.2, 0) is 18.9 Å². The van der Waals surface area contributed by atoms with Gasteiger partial charge in [0.1, 0.15) is 13.2 Å². The van der Waals surface area contributed by atoms with Gasteiger partial charge in [0, 0.05) is 0 Å². The van der Waals surface area contributed by atoms with E-state index in [0.29, 0.717) is 39.6 Å². The van der Waals surface area contributed by atoms with Crippen LogP contribution in [0.1, 0.15) is 27.7 Å². The molecule has 0 heterocycles. The fraction of sp³-hybridized carbons (Fsp3) is 0.714. The third-order valence-electron chi connectivity index (χ3n) is 1.70. The maximum atomic E-state index is 5.33. The monoisotopic (exact) mass is 258 g/mol. The van der Waals surface area contributed by atoms with E-state index in [-0.39, 0.29) is 0 Å². The Hall–Kier alpha value is -1.00. The van der Waals surface area contributed by atoms with Crippen LogP contribution < -0.4 is 0 Å². The van der Waals surface area contributed by atoms with Crippen molar-refractivity contribution in [2.24, 2.45) is 0 Å². The summed E-state index contributed by atoms with van der Waals surface area (Å²) in [5.74, 6) is 0. The molecule has 0 N–H and O–H groups in total.